The van der Waals surface area contributed by atoms with Crippen molar-refractivity contribution in [2.45, 2.75) is 4.90 Å². The lowest BCUT2D eigenvalue weighted by Crippen LogP contribution is -2.39. The number of halogens is 3. The third-order valence-electron chi connectivity index (χ3n) is 2.89. The molecule has 0 saturated heterocycles. The molecule has 0 bridgehead atoms. The number of amides is 1. The van der Waals surface area contributed by atoms with E-state index in [0.29, 0.717) is 4.31 Å². The Labute approximate surface area is 142 Å². The van der Waals surface area contributed by atoms with Crippen LogP contribution in [0.25, 0.3) is 0 Å². The van der Waals surface area contributed by atoms with Gasteiger partial charge in [0.1, 0.15) is 12.4 Å². The number of nitrogens with two attached hydrogens (primary N) is 1. The van der Waals surface area contributed by atoms with Gasteiger partial charge >= 0.3 is 0 Å². The highest BCUT2D eigenvalue weighted by Crippen LogP contribution is 2.36. The van der Waals surface area contributed by atoms with Crippen molar-refractivity contribution in [1.29, 1.82) is 0 Å². The molecule has 0 saturated carbocycles. The average Bonchev–Trinajstić information content (AvgIpc) is 2.46. The largest absolute Gasteiger partial charge is 0.368 e. The van der Waals surface area contributed by atoms with Crippen LogP contribution in [0.4, 0.5) is 10.1 Å². The molecule has 0 spiro atoms. The Balaban J connectivity index is 2.63. The standard InChI is InChI=1S/C14H11Cl2FN2O3S/c15-11-2-1-3-12(16)14(11)19(8-13(18)20)23(21,22)10-6-4-9(17)5-7-10/h1-7H,8H2,(H2,18,20). The van der Waals surface area contributed by atoms with Crippen molar-refractivity contribution >= 4 is 44.8 Å². The number of para-hydroxylation sites is 1. The first-order valence-corrected chi connectivity index (χ1v) is 8.43. The second-order valence-corrected chi connectivity index (χ2v) is 7.18. The molecule has 5 nitrogen and oxygen atoms in total. The number of primary amides is 1. The molecule has 2 aromatic carbocycles. The quantitative estimate of drug-likeness (QED) is 0.870. The lowest BCUT2D eigenvalue weighted by molar-refractivity contribution is -0.116. The van der Waals surface area contributed by atoms with E-state index in [4.69, 9.17) is 28.9 Å². The molecule has 23 heavy (non-hydrogen) atoms. The van der Waals surface area contributed by atoms with Gasteiger partial charge in [0.25, 0.3) is 10.0 Å². The summed E-state index contributed by atoms with van der Waals surface area (Å²) in [5.41, 5.74) is 5.07. The lowest BCUT2D eigenvalue weighted by atomic mass is 10.3. The van der Waals surface area contributed by atoms with Crippen molar-refractivity contribution in [3.05, 3.63) is 58.3 Å². The summed E-state index contributed by atoms with van der Waals surface area (Å²) in [4.78, 5) is 11.1. The normalized spacial score (nSPS) is 11.3. The fourth-order valence-electron chi connectivity index (χ4n) is 1.89. The highest BCUT2D eigenvalue weighted by Gasteiger charge is 2.29. The van der Waals surface area contributed by atoms with Crippen LogP contribution in [-0.4, -0.2) is 20.9 Å². The molecule has 0 aliphatic carbocycles. The van der Waals surface area contributed by atoms with Crippen LogP contribution >= 0.6 is 23.2 Å². The highest BCUT2D eigenvalue weighted by molar-refractivity contribution is 7.92. The van der Waals surface area contributed by atoms with Gasteiger partial charge in [0, 0.05) is 0 Å². The highest BCUT2D eigenvalue weighted by atomic mass is 35.5. The van der Waals surface area contributed by atoms with Crippen LogP contribution in [0, 0.1) is 5.82 Å². The maximum Gasteiger partial charge on any atom is 0.264 e. The smallest absolute Gasteiger partial charge is 0.264 e. The number of carbonyl (C=O) groups excluding carboxylic acids is 1. The number of rotatable bonds is 5. The van der Waals surface area contributed by atoms with Crippen molar-refractivity contribution in [1.82, 2.24) is 0 Å². The van der Waals surface area contributed by atoms with Crippen LogP contribution in [0.1, 0.15) is 0 Å². The van der Waals surface area contributed by atoms with E-state index in [0.717, 1.165) is 24.3 Å². The van der Waals surface area contributed by atoms with E-state index in [1.54, 1.807) is 0 Å². The Morgan fingerprint density at radius 3 is 2.09 bits per heavy atom. The van der Waals surface area contributed by atoms with E-state index in [1.807, 2.05) is 0 Å². The summed E-state index contributed by atoms with van der Waals surface area (Å²) in [6, 6.07) is 8.51. The van der Waals surface area contributed by atoms with Crippen molar-refractivity contribution in [3.8, 4) is 0 Å². The van der Waals surface area contributed by atoms with Crippen molar-refractivity contribution in [3.63, 3.8) is 0 Å². The van der Waals surface area contributed by atoms with Gasteiger partial charge in [-0.25, -0.2) is 12.8 Å². The second kappa shape index (κ2) is 6.74. The van der Waals surface area contributed by atoms with E-state index in [-0.39, 0.29) is 20.6 Å². The summed E-state index contributed by atoms with van der Waals surface area (Å²) < 4.78 is 39.2. The summed E-state index contributed by atoms with van der Waals surface area (Å²) in [6.07, 6.45) is 0. The summed E-state index contributed by atoms with van der Waals surface area (Å²) in [5, 5.41) is 0.0638. The van der Waals surface area contributed by atoms with Gasteiger partial charge in [0.05, 0.1) is 20.6 Å². The predicted molar refractivity (Wildman–Crippen MR) is 86.6 cm³/mol. The number of nitrogens with zero attached hydrogens (tertiary/aromatic N) is 1. The predicted octanol–water partition coefficient (Wildman–Crippen LogP) is 2.81. The third-order valence-corrected chi connectivity index (χ3v) is 5.26. The maximum absolute atomic E-state index is 13.0. The zero-order chi connectivity index (χ0) is 17.2. The van der Waals surface area contributed by atoms with Gasteiger partial charge in [-0.05, 0) is 36.4 Å². The Morgan fingerprint density at radius 1 is 1.09 bits per heavy atom. The summed E-state index contributed by atoms with van der Waals surface area (Å²) in [5.74, 6) is -1.49. The Hall–Kier alpha value is -1.83. The van der Waals surface area contributed by atoms with Crippen LogP contribution in [0.5, 0.6) is 0 Å². The summed E-state index contributed by atoms with van der Waals surface area (Å²) in [6.45, 7) is -0.664. The van der Waals surface area contributed by atoms with E-state index >= 15 is 0 Å². The van der Waals surface area contributed by atoms with Gasteiger partial charge in [0.2, 0.25) is 5.91 Å². The molecule has 0 radical (unpaired) electrons. The van der Waals surface area contributed by atoms with E-state index in [2.05, 4.69) is 0 Å². The van der Waals surface area contributed by atoms with Crippen molar-refractivity contribution in [2.75, 3.05) is 10.8 Å². The SMILES string of the molecule is NC(=O)CN(c1c(Cl)cccc1Cl)S(=O)(=O)c1ccc(F)cc1. The molecule has 0 aliphatic rings. The van der Waals surface area contributed by atoms with Crippen LogP contribution in [-0.2, 0) is 14.8 Å². The summed E-state index contributed by atoms with van der Waals surface area (Å²) in [7, 11) is -4.21. The number of hydrogen-bond donors (Lipinski definition) is 1. The van der Waals surface area contributed by atoms with Crippen molar-refractivity contribution in [2.24, 2.45) is 5.73 Å². The molecule has 2 aromatic rings. The van der Waals surface area contributed by atoms with E-state index < -0.39 is 28.3 Å². The van der Waals surface area contributed by atoms with E-state index in [9.17, 15) is 17.6 Å². The minimum absolute atomic E-state index is 0.0319. The number of anilines is 1. The lowest BCUT2D eigenvalue weighted by Gasteiger charge is -2.25. The Kier molecular flexibility index (Phi) is 5.13. The molecule has 0 atom stereocenters. The van der Waals surface area contributed by atoms with Gasteiger partial charge in [-0.1, -0.05) is 29.3 Å². The fourth-order valence-corrected chi connectivity index (χ4v) is 4.06. The average molecular weight is 377 g/mol. The Morgan fingerprint density at radius 2 is 1.61 bits per heavy atom. The number of hydrogen-bond acceptors (Lipinski definition) is 3. The minimum atomic E-state index is -4.21. The molecule has 122 valence electrons. The first-order valence-electron chi connectivity index (χ1n) is 6.24. The molecule has 0 aliphatic heterocycles. The van der Waals surface area contributed by atoms with Crippen molar-refractivity contribution < 1.29 is 17.6 Å². The van der Waals surface area contributed by atoms with Crippen LogP contribution in [0.2, 0.25) is 10.0 Å². The molecule has 2 N–H and O–H groups in total. The molecule has 1 amide bonds. The Bertz CT molecular complexity index is 821. The molecular weight excluding hydrogens is 366 g/mol. The molecule has 9 heteroatoms. The van der Waals surface area contributed by atoms with Gasteiger partial charge < -0.3 is 5.73 Å². The molecule has 2 rings (SSSR count). The topological polar surface area (TPSA) is 80.5 Å². The second-order valence-electron chi connectivity index (χ2n) is 4.50. The van der Waals surface area contributed by atoms with E-state index in [1.165, 1.54) is 18.2 Å². The van der Waals surface area contributed by atoms with Crippen LogP contribution < -0.4 is 10.0 Å². The van der Waals surface area contributed by atoms with Crippen LogP contribution in [0.3, 0.4) is 0 Å². The monoisotopic (exact) mass is 376 g/mol. The van der Waals surface area contributed by atoms with Gasteiger partial charge in [-0.15, -0.1) is 0 Å². The molecule has 0 heterocycles. The van der Waals surface area contributed by atoms with Crippen LogP contribution in [0.15, 0.2) is 47.4 Å². The zero-order valence-corrected chi connectivity index (χ0v) is 13.9. The first-order chi connectivity index (χ1) is 10.7. The number of benzene rings is 2. The molecular formula is C14H11Cl2FN2O3S. The molecule has 0 aromatic heterocycles. The molecule has 0 fully saturated rings. The fraction of sp³-hybridized carbons (Fsp3) is 0.0714. The number of carbonyl (C=O) groups is 1. The minimum Gasteiger partial charge on any atom is -0.368 e. The zero-order valence-electron chi connectivity index (χ0n) is 11.5. The van der Waals surface area contributed by atoms with Gasteiger partial charge in [0.15, 0.2) is 0 Å². The van der Waals surface area contributed by atoms with Gasteiger partial charge in [-0.2, -0.15) is 0 Å². The first kappa shape index (κ1) is 17.5. The number of sulfonamides is 1. The third kappa shape index (κ3) is 3.74. The summed E-state index contributed by atoms with van der Waals surface area (Å²) >= 11 is 12.0. The van der Waals surface area contributed by atoms with Gasteiger partial charge in [-0.3, -0.25) is 9.10 Å². The maximum atomic E-state index is 13.0. The molecule has 0 unspecified atom stereocenters.